The molecule has 0 fully saturated rings. The quantitative estimate of drug-likeness (QED) is 0.620. The Kier molecular flexibility index (Phi) is 6.87. The summed E-state index contributed by atoms with van der Waals surface area (Å²) in [6, 6.07) is 24.8. The molecule has 0 radical (unpaired) electrons. The van der Waals surface area contributed by atoms with Crippen LogP contribution in [-0.4, -0.2) is 27.2 Å². The molecule has 0 spiro atoms. The van der Waals surface area contributed by atoms with Crippen LogP contribution in [0, 0.1) is 0 Å². The monoisotopic (exact) mass is 391 g/mol. The lowest BCUT2D eigenvalue weighted by Crippen LogP contribution is -3.09. The molecule has 150 valence electrons. The molecule has 2 atom stereocenters. The number of hydrogen-bond donors (Lipinski definition) is 2. The summed E-state index contributed by atoms with van der Waals surface area (Å²) in [6.45, 7) is 0.703. The fraction of sp³-hybridized carbons (Fsp3) is 0.208. The highest BCUT2D eigenvalue weighted by atomic mass is 16.5. The fourth-order valence-electron chi connectivity index (χ4n) is 3.39. The molecule has 5 nitrogen and oxygen atoms in total. The third kappa shape index (κ3) is 5.36. The maximum atomic E-state index is 13.3. The summed E-state index contributed by atoms with van der Waals surface area (Å²) < 4.78 is 10.5. The second-order valence-corrected chi connectivity index (χ2v) is 6.94. The van der Waals surface area contributed by atoms with E-state index in [4.69, 9.17) is 9.47 Å². The van der Waals surface area contributed by atoms with Gasteiger partial charge < -0.3 is 19.7 Å². The molecule has 0 aliphatic carbocycles. The molecule has 1 unspecified atom stereocenters. The second-order valence-electron chi connectivity index (χ2n) is 6.94. The molecule has 0 aromatic heterocycles. The zero-order chi connectivity index (χ0) is 20.6. The summed E-state index contributed by atoms with van der Waals surface area (Å²) in [4.78, 5) is 14.3. The van der Waals surface area contributed by atoms with E-state index in [0.29, 0.717) is 18.0 Å². The van der Waals surface area contributed by atoms with Gasteiger partial charge in [0.1, 0.15) is 18.0 Å². The molecular formula is C24H27N2O3+. The van der Waals surface area contributed by atoms with E-state index in [9.17, 15) is 4.79 Å². The van der Waals surface area contributed by atoms with Crippen molar-refractivity contribution in [3.05, 3.63) is 90.0 Å². The maximum Gasteiger partial charge on any atom is 0.287 e. The van der Waals surface area contributed by atoms with E-state index in [2.05, 4.69) is 5.32 Å². The van der Waals surface area contributed by atoms with Crippen LogP contribution in [0.5, 0.6) is 11.5 Å². The van der Waals surface area contributed by atoms with Gasteiger partial charge in [-0.25, -0.2) is 0 Å². The highest BCUT2D eigenvalue weighted by Crippen LogP contribution is 2.19. The largest absolute Gasteiger partial charge is 0.497 e. The summed E-state index contributed by atoms with van der Waals surface area (Å²) in [7, 11) is 5.30. The van der Waals surface area contributed by atoms with Crippen LogP contribution in [0.25, 0.3) is 0 Å². The van der Waals surface area contributed by atoms with Crippen molar-refractivity contribution in [3.8, 4) is 11.5 Å². The number of carbonyl (C=O) groups excluding carboxylic acids is 1. The number of anilines is 1. The topological polar surface area (TPSA) is 52.0 Å². The van der Waals surface area contributed by atoms with Crippen LogP contribution in [0.4, 0.5) is 5.69 Å². The Hall–Kier alpha value is -3.31. The average molecular weight is 391 g/mol. The smallest absolute Gasteiger partial charge is 0.287 e. The lowest BCUT2D eigenvalue weighted by atomic mass is 10.0. The summed E-state index contributed by atoms with van der Waals surface area (Å²) in [5.41, 5.74) is 2.82. The number of quaternary nitrogens is 1. The Labute approximate surface area is 171 Å². The molecule has 0 heterocycles. The molecule has 3 rings (SSSR count). The van der Waals surface area contributed by atoms with Crippen molar-refractivity contribution in [2.24, 2.45) is 0 Å². The van der Waals surface area contributed by atoms with Gasteiger partial charge >= 0.3 is 0 Å². The number of rotatable bonds is 8. The van der Waals surface area contributed by atoms with Crippen molar-refractivity contribution in [2.75, 3.05) is 26.6 Å². The Bertz CT molecular complexity index is 926. The normalized spacial score (nSPS) is 12.7. The van der Waals surface area contributed by atoms with E-state index in [-0.39, 0.29) is 11.9 Å². The molecule has 0 saturated heterocycles. The minimum atomic E-state index is -0.357. The lowest BCUT2D eigenvalue weighted by molar-refractivity contribution is -0.915. The van der Waals surface area contributed by atoms with Crippen LogP contribution < -0.4 is 19.7 Å². The Morgan fingerprint density at radius 1 is 0.897 bits per heavy atom. The van der Waals surface area contributed by atoms with E-state index >= 15 is 0 Å². The van der Waals surface area contributed by atoms with Crippen molar-refractivity contribution < 1.29 is 19.2 Å². The van der Waals surface area contributed by atoms with Gasteiger partial charge in [0.15, 0.2) is 6.04 Å². The summed E-state index contributed by atoms with van der Waals surface area (Å²) in [5.74, 6) is 1.47. The Balaban J connectivity index is 1.82. The summed E-state index contributed by atoms with van der Waals surface area (Å²) in [6.07, 6.45) is 0. The first kappa shape index (κ1) is 20.4. The van der Waals surface area contributed by atoms with Crippen molar-refractivity contribution in [2.45, 2.75) is 12.6 Å². The molecule has 2 N–H and O–H groups in total. The zero-order valence-electron chi connectivity index (χ0n) is 17.0. The zero-order valence-corrected chi connectivity index (χ0v) is 17.0. The van der Waals surface area contributed by atoms with Crippen LogP contribution in [0.2, 0.25) is 0 Å². The number of carbonyl (C=O) groups is 1. The molecule has 1 amide bonds. The van der Waals surface area contributed by atoms with Crippen LogP contribution in [-0.2, 0) is 11.3 Å². The van der Waals surface area contributed by atoms with Crippen LogP contribution in [0.15, 0.2) is 78.9 Å². The maximum absolute atomic E-state index is 13.3. The van der Waals surface area contributed by atoms with Crippen LogP contribution >= 0.6 is 0 Å². The van der Waals surface area contributed by atoms with Crippen molar-refractivity contribution in [1.82, 2.24) is 0 Å². The van der Waals surface area contributed by atoms with Gasteiger partial charge in [-0.2, -0.15) is 0 Å². The van der Waals surface area contributed by atoms with Gasteiger partial charge in [0.25, 0.3) is 5.91 Å². The van der Waals surface area contributed by atoms with E-state index < -0.39 is 0 Å². The number of likely N-dealkylation sites (N-methyl/N-ethyl adjacent to an activating group) is 1. The van der Waals surface area contributed by atoms with Gasteiger partial charge in [-0.1, -0.05) is 36.4 Å². The first-order valence-corrected chi connectivity index (χ1v) is 9.56. The minimum Gasteiger partial charge on any atom is -0.497 e. The third-order valence-corrected chi connectivity index (χ3v) is 4.87. The van der Waals surface area contributed by atoms with Gasteiger partial charge in [0.2, 0.25) is 0 Å². The minimum absolute atomic E-state index is 0.0598. The Morgan fingerprint density at radius 3 is 2.24 bits per heavy atom. The number of nitrogens with one attached hydrogen (secondary N) is 2. The molecule has 3 aromatic rings. The fourth-order valence-corrected chi connectivity index (χ4v) is 3.39. The van der Waals surface area contributed by atoms with Gasteiger partial charge in [0, 0.05) is 22.9 Å². The molecular weight excluding hydrogens is 364 g/mol. The number of ether oxygens (including phenoxy) is 2. The summed E-state index contributed by atoms with van der Waals surface area (Å²) in [5, 5.41) is 3.04. The van der Waals surface area contributed by atoms with Crippen LogP contribution in [0.3, 0.4) is 0 Å². The van der Waals surface area contributed by atoms with Crippen LogP contribution in [0.1, 0.15) is 17.2 Å². The summed E-state index contributed by atoms with van der Waals surface area (Å²) >= 11 is 0. The molecule has 0 bridgehead atoms. The number of hydrogen-bond acceptors (Lipinski definition) is 3. The van der Waals surface area contributed by atoms with E-state index in [1.807, 2.05) is 85.9 Å². The van der Waals surface area contributed by atoms with Gasteiger partial charge in [-0.3, -0.25) is 4.79 Å². The second kappa shape index (κ2) is 9.75. The number of benzene rings is 3. The Morgan fingerprint density at radius 2 is 1.59 bits per heavy atom. The van der Waals surface area contributed by atoms with Crippen molar-refractivity contribution in [3.63, 3.8) is 0 Å². The first-order chi connectivity index (χ1) is 14.1. The molecule has 5 heteroatoms. The lowest BCUT2D eigenvalue weighted by Gasteiger charge is -2.25. The number of methoxy groups -OCH3 is 2. The first-order valence-electron chi connectivity index (χ1n) is 9.56. The van der Waals surface area contributed by atoms with E-state index in [0.717, 1.165) is 21.8 Å². The van der Waals surface area contributed by atoms with Gasteiger partial charge in [0.05, 0.1) is 21.3 Å². The molecule has 29 heavy (non-hydrogen) atoms. The highest BCUT2D eigenvalue weighted by Gasteiger charge is 2.29. The predicted octanol–water partition coefficient (Wildman–Crippen LogP) is 3.10. The number of amides is 1. The molecule has 0 aliphatic rings. The highest BCUT2D eigenvalue weighted by molar-refractivity contribution is 5.94. The third-order valence-electron chi connectivity index (χ3n) is 4.87. The standard InChI is InChI=1S/C24H26N2O3/c1-26(17-18-12-14-21(28-2)15-13-18)23(19-8-5-4-6-9-19)24(27)25-20-10-7-11-22(16-20)29-3/h4-16,23H,17H2,1-3H3,(H,25,27)/p+1/t23-/m0/s1. The molecule has 0 aliphatic heterocycles. The predicted molar refractivity (Wildman–Crippen MR) is 114 cm³/mol. The van der Waals surface area contributed by atoms with Crippen molar-refractivity contribution >= 4 is 11.6 Å². The van der Waals surface area contributed by atoms with E-state index in [1.165, 1.54) is 0 Å². The van der Waals surface area contributed by atoms with Gasteiger partial charge in [-0.15, -0.1) is 0 Å². The SMILES string of the molecule is COc1ccc(C[NH+](C)[C@H](C(=O)Nc2cccc(OC)c2)c2ccccc2)cc1. The average Bonchev–Trinajstić information content (AvgIpc) is 2.75. The van der Waals surface area contributed by atoms with Gasteiger partial charge in [-0.05, 0) is 36.4 Å². The molecule has 0 saturated carbocycles. The molecule has 3 aromatic carbocycles. The van der Waals surface area contributed by atoms with Crippen molar-refractivity contribution in [1.29, 1.82) is 0 Å². The van der Waals surface area contributed by atoms with E-state index in [1.54, 1.807) is 14.2 Å².